The molecule has 1 aliphatic heterocycles. The van der Waals surface area contributed by atoms with Gasteiger partial charge in [0.1, 0.15) is 0 Å². The average molecular weight is 332 g/mol. The molecule has 1 heterocycles. The molecule has 1 aromatic rings. The molecule has 0 aliphatic carbocycles. The molecule has 0 bridgehead atoms. The van der Waals surface area contributed by atoms with Crippen molar-refractivity contribution in [3.63, 3.8) is 0 Å². The van der Waals surface area contributed by atoms with Gasteiger partial charge in [0.05, 0.1) is 0 Å². The van der Waals surface area contributed by atoms with Gasteiger partial charge in [-0.05, 0) is 62.0 Å². The molecule has 1 N–H and O–H groups in total. The highest BCUT2D eigenvalue weighted by molar-refractivity contribution is 8.00. The number of carbonyl (C=O) groups excluding carboxylic acids is 1. The highest BCUT2D eigenvalue weighted by Crippen LogP contribution is 2.36. The van der Waals surface area contributed by atoms with Crippen molar-refractivity contribution in [2.75, 3.05) is 26.2 Å². The third-order valence-corrected chi connectivity index (χ3v) is 4.25. The van der Waals surface area contributed by atoms with Crippen LogP contribution in [0.2, 0.25) is 0 Å². The third-order valence-electron chi connectivity index (χ3n) is 3.51. The largest absolute Gasteiger partial charge is 0.446 e. The number of nitrogens with zero attached hydrogens (tertiary/aromatic N) is 1. The zero-order valence-corrected chi connectivity index (χ0v) is 13.0. The van der Waals surface area contributed by atoms with Crippen molar-refractivity contribution in [2.24, 2.45) is 0 Å². The van der Waals surface area contributed by atoms with Crippen LogP contribution >= 0.6 is 11.8 Å². The second-order valence-corrected chi connectivity index (χ2v) is 6.37. The number of thioether (sulfide) groups is 1. The molecule has 0 unspecified atom stereocenters. The first kappa shape index (κ1) is 17.1. The van der Waals surface area contributed by atoms with E-state index >= 15 is 0 Å². The Bertz CT molecular complexity index is 485. The van der Waals surface area contributed by atoms with Crippen LogP contribution in [0.4, 0.5) is 13.2 Å². The van der Waals surface area contributed by atoms with Crippen molar-refractivity contribution in [3.8, 4) is 0 Å². The van der Waals surface area contributed by atoms with Crippen LogP contribution in [0.1, 0.15) is 29.6 Å². The second-order valence-electron chi connectivity index (χ2n) is 5.23. The summed E-state index contributed by atoms with van der Waals surface area (Å²) in [7, 11) is 0. The number of hydrogen-bond donors (Lipinski definition) is 1. The topological polar surface area (TPSA) is 32.3 Å². The molecule has 1 aliphatic rings. The summed E-state index contributed by atoms with van der Waals surface area (Å²) in [5, 5.41) is 2.80. The second kappa shape index (κ2) is 7.87. The molecule has 0 aromatic heterocycles. The lowest BCUT2D eigenvalue weighted by molar-refractivity contribution is -0.0328. The predicted molar refractivity (Wildman–Crippen MR) is 81.0 cm³/mol. The predicted octanol–water partition coefficient (Wildman–Crippen LogP) is 3.51. The van der Waals surface area contributed by atoms with Crippen LogP contribution in [0.15, 0.2) is 29.2 Å². The number of likely N-dealkylation sites (tertiary alicyclic amines) is 1. The molecule has 0 saturated carbocycles. The number of rotatable bonds is 5. The van der Waals surface area contributed by atoms with Gasteiger partial charge in [-0.3, -0.25) is 4.79 Å². The molecule has 1 aromatic carbocycles. The number of benzene rings is 1. The maximum Gasteiger partial charge on any atom is 0.446 e. The third kappa shape index (κ3) is 5.88. The molecular weight excluding hydrogens is 313 g/mol. The molecule has 1 fully saturated rings. The molecule has 22 heavy (non-hydrogen) atoms. The van der Waals surface area contributed by atoms with E-state index in [1.165, 1.54) is 43.5 Å². The molecule has 3 nitrogen and oxygen atoms in total. The normalized spacial score (nSPS) is 16.5. The number of amides is 1. The van der Waals surface area contributed by atoms with Gasteiger partial charge in [-0.1, -0.05) is 6.42 Å². The molecule has 1 amide bonds. The molecule has 7 heteroatoms. The maximum atomic E-state index is 12.2. The van der Waals surface area contributed by atoms with Crippen LogP contribution in [0, 0.1) is 0 Å². The van der Waals surface area contributed by atoms with Gasteiger partial charge in [-0.2, -0.15) is 13.2 Å². The van der Waals surface area contributed by atoms with Crippen LogP contribution in [0.25, 0.3) is 0 Å². The van der Waals surface area contributed by atoms with Crippen LogP contribution in [-0.4, -0.2) is 42.5 Å². The van der Waals surface area contributed by atoms with Crippen molar-refractivity contribution >= 4 is 17.7 Å². The van der Waals surface area contributed by atoms with E-state index in [-0.39, 0.29) is 22.6 Å². The molecule has 0 atom stereocenters. The van der Waals surface area contributed by atoms with Crippen molar-refractivity contribution in [3.05, 3.63) is 29.8 Å². The van der Waals surface area contributed by atoms with E-state index in [0.717, 1.165) is 19.6 Å². The van der Waals surface area contributed by atoms with Gasteiger partial charge in [0.2, 0.25) is 0 Å². The Labute approximate surface area is 132 Å². The van der Waals surface area contributed by atoms with Gasteiger partial charge in [0.15, 0.2) is 0 Å². The van der Waals surface area contributed by atoms with Crippen LogP contribution < -0.4 is 5.32 Å². The number of hydrogen-bond acceptors (Lipinski definition) is 3. The number of carbonyl (C=O) groups is 1. The number of halogens is 3. The SMILES string of the molecule is O=C(NCCN1CCCCC1)c1ccc(SC(F)(F)F)cc1. The molecule has 2 rings (SSSR count). The lowest BCUT2D eigenvalue weighted by Gasteiger charge is -2.26. The number of piperidine rings is 1. The summed E-state index contributed by atoms with van der Waals surface area (Å²) < 4.78 is 36.7. The fraction of sp³-hybridized carbons (Fsp3) is 0.533. The summed E-state index contributed by atoms with van der Waals surface area (Å²) in [6.45, 7) is 3.50. The highest BCUT2D eigenvalue weighted by Gasteiger charge is 2.29. The van der Waals surface area contributed by atoms with Crippen LogP contribution in [-0.2, 0) is 0 Å². The Morgan fingerprint density at radius 3 is 2.36 bits per heavy atom. The van der Waals surface area contributed by atoms with Gasteiger partial charge in [0.25, 0.3) is 5.91 Å². The molecule has 0 spiro atoms. The molecule has 0 radical (unpaired) electrons. The first-order valence-electron chi connectivity index (χ1n) is 7.30. The van der Waals surface area contributed by atoms with Crippen LogP contribution in [0.3, 0.4) is 0 Å². The zero-order chi connectivity index (χ0) is 16.0. The summed E-state index contributed by atoms with van der Waals surface area (Å²) in [6, 6.07) is 5.48. The van der Waals surface area contributed by atoms with Crippen molar-refractivity contribution in [2.45, 2.75) is 29.7 Å². The lowest BCUT2D eigenvalue weighted by Crippen LogP contribution is -2.37. The average Bonchev–Trinajstić information content (AvgIpc) is 2.47. The fourth-order valence-electron chi connectivity index (χ4n) is 2.42. The molecule has 1 saturated heterocycles. The van der Waals surface area contributed by atoms with Crippen molar-refractivity contribution < 1.29 is 18.0 Å². The van der Waals surface area contributed by atoms with Gasteiger partial charge >= 0.3 is 5.51 Å². The summed E-state index contributed by atoms with van der Waals surface area (Å²) in [5.41, 5.74) is -3.93. The minimum absolute atomic E-state index is 0.0809. The zero-order valence-electron chi connectivity index (χ0n) is 12.2. The maximum absolute atomic E-state index is 12.2. The Kier molecular flexibility index (Phi) is 6.14. The highest BCUT2D eigenvalue weighted by atomic mass is 32.2. The van der Waals surface area contributed by atoms with Gasteiger partial charge in [-0.15, -0.1) is 0 Å². The number of alkyl halides is 3. The quantitative estimate of drug-likeness (QED) is 0.838. The van der Waals surface area contributed by atoms with Gasteiger partial charge in [0, 0.05) is 23.5 Å². The standard InChI is InChI=1S/C15H19F3N2OS/c16-15(17,18)22-13-6-4-12(5-7-13)14(21)19-8-11-20-9-2-1-3-10-20/h4-7H,1-3,8-11H2,(H,19,21). The van der Waals surface area contributed by atoms with E-state index in [2.05, 4.69) is 10.2 Å². The van der Waals surface area contributed by atoms with E-state index < -0.39 is 5.51 Å². The Hall–Kier alpha value is -1.21. The molecule has 122 valence electrons. The minimum atomic E-state index is -4.31. The first-order chi connectivity index (χ1) is 10.4. The van der Waals surface area contributed by atoms with E-state index in [0.29, 0.717) is 12.1 Å². The molecular formula is C15H19F3N2OS. The monoisotopic (exact) mass is 332 g/mol. The van der Waals surface area contributed by atoms with Gasteiger partial charge in [-0.25, -0.2) is 0 Å². The summed E-state index contributed by atoms with van der Waals surface area (Å²) >= 11 is -0.181. The van der Waals surface area contributed by atoms with Crippen LogP contribution in [0.5, 0.6) is 0 Å². The first-order valence-corrected chi connectivity index (χ1v) is 8.12. The Morgan fingerprint density at radius 2 is 1.77 bits per heavy atom. The lowest BCUT2D eigenvalue weighted by atomic mass is 10.1. The summed E-state index contributed by atoms with van der Waals surface area (Å²) in [5.74, 6) is -0.249. The number of nitrogens with one attached hydrogen (secondary N) is 1. The van der Waals surface area contributed by atoms with E-state index in [9.17, 15) is 18.0 Å². The van der Waals surface area contributed by atoms with Crippen molar-refractivity contribution in [1.29, 1.82) is 0 Å². The van der Waals surface area contributed by atoms with E-state index in [4.69, 9.17) is 0 Å². The van der Waals surface area contributed by atoms with Crippen molar-refractivity contribution in [1.82, 2.24) is 10.2 Å². The summed E-state index contributed by atoms with van der Waals surface area (Å²) in [4.78, 5) is 14.3. The van der Waals surface area contributed by atoms with E-state index in [1.54, 1.807) is 0 Å². The Balaban J connectivity index is 1.77. The van der Waals surface area contributed by atoms with Gasteiger partial charge < -0.3 is 10.2 Å². The Morgan fingerprint density at radius 1 is 1.14 bits per heavy atom. The fourth-order valence-corrected chi connectivity index (χ4v) is 2.96. The minimum Gasteiger partial charge on any atom is -0.351 e. The smallest absolute Gasteiger partial charge is 0.351 e. The van der Waals surface area contributed by atoms with E-state index in [1.807, 2.05) is 0 Å². The summed E-state index contributed by atoms with van der Waals surface area (Å²) in [6.07, 6.45) is 3.67.